The van der Waals surface area contributed by atoms with E-state index in [-0.39, 0.29) is 18.4 Å². The minimum absolute atomic E-state index is 0.135. The average Bonchev–Trinajstić information content (AvgIpc) is 1.88. The zero-order valence-corrected chi connectivity index (χ0v) is 6.50. The molecule has 2 atom stereocenters. The van der Waals surface area contributed by atoms with E-state index >= 15 is 0 Å². The van der Waals surface area contributed by atoms with E-state index < -0.39 is 5.91 Å². The Balaban J connectivity index is 3.92. The molecule has 0 aromatic rings. The number of hydrogen-bond donors (Lipinski definition) is 2. The molecule has 60 valence electrons. The van der Waals surface area contributed by atoms with Crippen LogP contribution in [0.3, 0.4) is 0 Å². The molecule has 0 bridgehead atoms. The third-order valence-electron chi connectivity index (χ3n) is 1.89. The smallest absolute Gasteiger partial charge is 0.223 e. The minimum Gasteiger partial charge on any atom is -0.396 e. The van der Waals surface area contributed by atoms with Crippen LogP contribution in [0.4, 0.5) is 0 Å². The fourth-order valence-corrected chi connectivity index (χ4v) is 0.835. The number of rotatable bonds is 4. The Morgan fingerprint density at radius 2 is 2.20 bits per heavy atom. The van der Waals surface area contributed by atoms with Crippen molar-refractivity contribution in [3.8, 4) is 0 Å². The fourth-order valence-electron chi connectivity index (χ4n) is 0.835. The second kappa shape index (κ2) is 4.28. The van der Waals surface area contributed by atoms with Crippen molar-refractivity contribution in [3.05, 3.63) is 0 Å². The summed E-state index contributed by atoms with van der Waals surface area (Å²) < 4.78 is 0. The monoisotopic (exact) mass is 145 g/mol. The average molecular weight is 145 g/mol. The molecule has 0 aromatic carbocycles. The molecule has 3 nitrogen and oxygen atoms in total. The maximum absolute atomic E-state index is 10.6. The first-order valence-corrected chi connectivity index (χ1v) is 3.53. The Kier molecular flexibility index (Phi) is 4.03. The van der Waals surface area contributed by atoms with Crippen molar-refractivity contribution in [2.24, 2.45) is 17.6 Å². The maximum atomic E-state index is 10.6. The number of hydrogen-bond acceptors (Lipinski definition) is 2. The van der Waals surface area contributed by atoms with Crippen LogP contribution in [0, 0.1) is 11.8 Å². The lowest BCUT2D eigenvalue weighted by Gasteiger charge is -2.16. The first-order chi connectivity index (χ1) is 4.63. The first-order valence-electron chi connectivity index (χ1n) is 3.53. The topological polar surface area (TPSA) is 63.3 Å². The van der Waals surface area contributed by atoms with Crippen molar-refractivity contribution in [2.45, 2.75) is 20.3 Å². The van der Waals surface area contributed by atoms with E-state index in [0.717, 1.165) is 6.42 Å². The Morgan fingerprint density at radius 1 is 1.70 bits per heavy atom. The summed E-state index contributed by atoms with van der Waals surface area (Å²) in [5.74, 6) is -0.593. The summed E-state index contributed by atoms with van der Waals surface area (Å²) in [4.78, 5) is 10.6. The van der Waals surface area contributed by atoms with Crippen LogP contribution in [0.15, 0.2) is 0 Å². The fraction of sp³-hybridized carbons (Fsp3) is 0.857. The summed E-state index contributed by atoms with van der Waals surface area (Å²) in [6.07, 6.45) is 0.869. The SMILES string of the molecule is CCC(C)C(CO)C(N)=O. The van der Waals surface area contributed by atoms with Crippen molar-refractivity contribution < 1.29 is 9.90 Å². The molecular formula is C7H15NO2. The highest BCUT2D eigenvalue weighted by molar-refractivity contribution is 5.76. The minimum atomic E-state index is -0.406. The Bertz CT molecular complexity index is 114. The number of carbonyl (C=O) groups excluding carboxylic acids is 1. The molecule has 0 saturated carbocycles. The molecule has 2 unspecified atom stereocenters. The number of aliphatic hydroxyl groups is 1. The van der Waals surface area contributed by atoms with Gasteiger partial charge in [-0.3, -0.25) is 4.79 Å². The molecule has 0 radical (unpaired) electrons. The third kappa shape index (κ3) is 2.35. The van der Waals surface area contributed by atoms with E-state index in [2.05, 4.69) is 0 Å². The van der Waals surface area contributed by atoms with Gasteiger partial charge in [-0.2, -0.15) is 0 Å². The van der Waals surface area contributed by atoms with E-state index in [1.54, 1.807) is 0 Å². The number of carbonyl (C=O) groups is 1. The summed E-state index contributed by atoms with van der Waals surface area (Å²) in [6.45, 7) is 3.74. The van der Waals surface area contributed by atoms with Crippen molar-refractivity contribution in [1.29, 1.82) is 0 Å². The standard InChI is InChI=1S/C7H15NO2/c1-3-5(2)6(4-9)7(8)10/h5-6,9H,3-4H2,1-2H3,(H2,8,10). The van der Waals surface area contributed by atoms with Gasteiger partial charge in [0, 0.05) is 0 Å². The highest BCUT2D eigenvalue weighted by Crippen LogP contribution is 2.13. The zero-order chi connectivity index (χ0) is 8.15. The molecule has 3 N–H and O–H groups in total. The summed E-state index contributed by atoms with van der Waals surface area (Å²) in [5, 5.41) is 8.70. The number of amides is 1. The third-order valence-corrected chi connectivity index (χ3v) is 1.89. The molecule has 0 aliphatic carbocycles. The molecule has 0 rings (SSSR count). The van der Waals surface area contributed by atoms with Gasteiger partial charge >= 0.3 is 0 Å². The number of primary amides is 1. The molecule has 3 heteroatoms. The van der Waals surface area contributed by atoms with Crippen LogP contribution in [0.25, 0.3) is 0 Å². The van der Waals surface area contributed by atoms with Crippen LogP contribution < -0.4 is 5.73 Å². The van der Waals surface area contributed by atoms with Crippen LogP contribution in [-0.2, 0) is 4.79 Å². The van der Waals surface area contributed by atoms with Gasteiger partial charge in [-0.15, -0.1) is 0 Å². The van der Waals surface area contributed by atoms with Crippen LogP contribution in [0.2, 0.25) is 0 Å². The normalized spacial score (nSPS) is 16.3. The van der Waals surface area contributed by atoms with E-state index in [9.17, 15) is 4.79 Å². The Morgan fingerprint density at radius 3 is 2.30 bits per heavy atom. The predicted octanol–water partition coefficient (Wildman–Crippen LogP) is 0.126. The highest BCUT2D eigenvalue weighted by Gasteiger charge is 2.19. The van der Waals surface area contributed by atoms with Crippen LogP contribution >= 0.6 is 0 Å². The van der Waals surface area contributed by atoms with E-state index in [1.165, 1.54) is 0 Å². The highest BCUT2D eigenvalue weighted by atomic mass is 16.3. The molecule has 0 aliphatic heterocycles. The Hall–Kier alpha value is -0.570. The molecule has 0 aliphatic rings. The van der Waals surface area contributed by atoms with Gasteiger partial charge in [0.05, 0.1) is 12.5 Å². The zero-order valence-electron chi connectivity index (χ0n) is 6.50. The van der Waals surface area contributed by atoms with Crippen molar-refractivity contribution >= 4 is 5.91 Å². The van der Waals surface area contributed by atoms with Gasteiger partial charge in [0.2, 0.25) is 5.91 Å². The summed E-state index contributed by atoms with van der Waals surface area (Å²) in [7, 11) is 0. The van der Waals surface area contributed by atoms with Gasteiger partial charge in [-0.1, -0.05) is 20.3 Å². The lowest BCUT2D eigenvalue weighted by molar-refractivity contribution is -0.124. The molecule has 1 amide bonds. The van der Waals surface area contributed by atoms with Gasteiger partial charge in [0.25, 0.3) is 0 Å². The number of nitrogens with two attached hydrogens (primary N) is 1. The van der Waals surface area contributed by atoms with Gasteiger partial charge in [-0.05, 0) is 5.92 Å². The summed E-state index contributed by atoms with van der Waals surface area (Å²) in [5.41, 5.74) is 5.02. The second-order valence-electron chi connectivity index (χ2n) is 2.58. The molecule has 0 aromatic heterocycles. The molecule has 0 spiro atoms. The van der Waals surface area contributed by atoms with E-state index in [1.807, 2.05) is 13.8 Å². The molecule has 10 heavy (non-hydrogen) atoms. The molecular weight excluding hydrogens is 130 g/mol. The number of aliphatic hydroxyl groups excluding tert-OH is 1. The van der Waals surface area contributed by atoms with Crippen LogP contribution in [-0.4, -0.2) is 17.6 Å². The van der Waals surface area contributed by atoms with Crippen LogP contribution in [0.1, 0.15) is 20.3 Å². The van der Waals surface area contributed by atoms with Gasteiger partial charge in [-0.25, -0.2) is 0 Å². The largest absolute Gasteiger partial charge is 0.396 e. The first kappa shape index (κ1) is 9.43. The second-order valence-corrected chi connectivity index (χ2v) is 2.58. The maximum Gasteiger partial charge on any atom is 0.223 e. The van der Waals surface area contributed by atoms with Crippen molar-refractivity contribution in [2.75, 3.05) is 6.61 Å². The van der Waals surface area contributed by atoms with Gasteiger partial charge in [0.1, 0.15) is 0 Å². The summed E-state index contributed by atoms with van der Waals surface area (Å²) >= 11 is 0. The Labute approximate surface area is 61.2 Å². The lowest BCUT2D eigenvalue weighted by Crippen LogP contribution is -2.31. The predicted molar refractivity (Wildman–Crippen MR) is 39.2 cm³/mol. The van der Waals surface area contributed by atoms with Crippen molar-refractivity contribution in [1.82, 2.24) is 0 Å². The van der Waals surface area contributed by atoms with Crippen LogP contribution in [0.5, 0.6) is 0 Å². The van der Waals surface area contributed by atoms with Crippen molar-refractivity contribution in [3.63, 3.8) is 0 Å². The molecule has 0 heterocycles. The quantitative estimate of drug-likeness (QED) is 0.590. The lowest BCUT2D eigenvalue weighted by atomic mass is 9.92. The van der Waals surface area contributed by atoms with E-state index in [4.69, 9.17) is 10.8 Å². The van der Waals surface area contributed by atoms with Gasteiger partial charge in [0.15, 0.2) is 0 Å². The molecule has 0 saturated heterocycles. The summed E-state index contributed by atoms with van der Waals surface area (Å²) in [6, 6.07) is 0. The van der Waals surface area contributed by atoms with Gasteiger partial charge < -0.3 is 10.8 Å². The molecule has 0 fully saturated rings. The van der Waals surface area contributed by atoms with E-state index in [0.29, 0.717) is 0 Å².